The van der Waals surface area contributed by atoms with E-state index in [2.05, 4.69) is 35.1 Å². The Hall–Kier alpha value is -0.480. The molecule has 1 aromatic carbocycles. The number of nitrogens with one attached hydrogen (secondary N) is 1. The minimum Gasteiger partial charge on any atom is -0.314 e. The van der Waals surface area contributed by atoms with Gasteiger partial charge in [-0.1, -0.05) is 13.8 Å². The molecule has 0 aliphatic heterocycles. The molecule has 1 aromatic rings. The Balaban J connectivity index is 2.12. The van der Waals surface area contributed by atoms with Gasteiger partial charge in [0, 0.05) is 18.2 Å². The van der Waals surface area contributed by atoms with Crippen LogP contribution in [0.4, 0.5) is 8.78 Å². The van der Waals surface area contributed by atoms with Crippen LogP contribution >= 0.6 is 15.9 Å². The van der Waals surface area contributed by atoms with Gasteiger partial charge in [0.25, 0.3) is 0 Å². The molecule has 0 aromatic heterocycles. The highest BCUT2D eigenvalue weighted by Gasteiger charge is 2.43. The number of hydrogen-bond acceptors (Lipinski definition) is 1. The first kappa shape index (κ1) is 13.9. The zero-order valence-corrected chi connectivity index (χ0v) is 12.3. The van der Waals surface area contributed by atoms with Crippen LogP contribution in [0.2, 0.25) is 0 Å². The van der Waals surface area contributed by atoms with Crippen molar-refractivity contribution in [2.24, 2.45) is 5.41 Å². The Morgan fingerprint density at radius 2 is 2.00 bits per heavy atom. The third-order valence-corrected chi connectivity index (χ3v) is 4.15. The van der Waals surface area contributed by atoms with Gasteiger partial charge in [-0.2, -0.15) is 0 Å². The second-order valence-electron chi connectivity index (χ2n) is 5.53. The van der Waals surface area contributed by atoms with Gasteiger partial charge in [-0.05, 0) is 52.7 Å². The van der Waals surface area contributed by atoms with Gasteiger partial charge in [-0.25, -0.2) is 8.78 Å². The van der Waals surface area contributed by atoms with Crippen molar-refractivity contribution in [2.45, 2.75) is 39.2 Å². The Bertz CT molecular complexity index is 442. The summed E-state index contributed by atoms with van der Waals surface area (Å²) in [6.45, 7) is 4.99. The quantitative estimate of drug-likeness (QED) is 0.808. The molecule has 0 bridgehead atoms. The number of hydrogen-bond donors (Lipinski definition) is 1. The van der Waals surface area contributed by atoms with Crippen molar-refractivity contribution in [3.05, 3.63) is 33.8 Å². The first-order chi connectivity index (χ1) is 8.43. The number of halogens is 3. The molecule has 0 atom stereocenters. The van der Waals surface area contributed by atoms with Gasteiger partial charge in [0.2, 0.25) is 0 Å². The fourth-order valence-electron chi connectivity index (χ4n) is 2.12. The van der Waals surface area contributed by atoms with Crippen LogP contribution in [0.25, 0.3) is 0 Å². The fourth-order valence-corrected chi connectivity index (χ4v) is 2.49. The molecule has 0 spiro atoms. The molecule has 1 aliphatic carbocycles. The average Bonchev–Trinajstić information content (AvgIpc) is 3.08. The summed E-state index contributed by atoms with van der Waals surface area (Å²) >= 11 is 3.11. The van der Waals surface area contributed by atoms with Gasteiger partial charge in [-0.15, -0.1) is 0 Å². The fraction of sp³-hybridized carbons (Fsp3) is 0.571. The Morgan fingerprint density at radius 1 is 1.33 bits per heavy atom. The molecular weight excluding hydrogens is 300 g/mol. The van der Waals surface area contributed by atoms with E-state index in [1.807, 2.05) is 0 Å². The summed E-state index contributed by atoms with van der Waals surface area (Å²) in [6.07, 6.45) is 2.56. The highest BCUT2D eigenvalue weighted by atomic mass is 79.9. The van der Waals surface area contributed by atoms with E-state index in [0.29, 0.717) is 16.9 Å². The number of benzene rings is 1. The standard InChI is InChI=1S/C14H18BrF2N/c1-9(2)18-8-14(5-6-14)7-10-12(16)4-3-11(15)13(10)17/h3-4,9,18H,5-8H2,1-2H3. The van der Waals surface area contributed by atoms with Crippen LogP contribution in [-0.4, -0.2) is 12.6 Å². The highest BCUT2D eigenvalue weighted by Crippen LogP contribution is 2.48. The lowest BCUT2D eigenvalue weighted by Gasteiger charge is -2.19. The first-order valence-corrected chi connectivity index (χ1v) is 7.09. The zero-order chi connectivity index (χ0) is 13.3. The van der Waals surface area contributed by atoms with Crippen LogP contribution in [-0.2, 0) is 6.42 Å². The molecule has 0 heterocycles. The van der Waals surface area contributed by atoms with E-state index in [-0.39, 0.29) is 11.0 Å². The lowest BCUT2D eigenvalue weighted by Crippen LogP contribution is -2.31. The maximum Gasteiger partial charge on any atom is 0.143 e. The predicted octanol–water partition coefficient (Wildman–Crippen LogP) is 4.05. The minimum atomic E-state index is -0.453. The summed E-state index contributed by atoms with van der Waals surface area (Å²) in [7, 11) is 0. The lowest BCUT2D eigenvalue weighted by molar-refractivity contribution is 0.413. The van der Waals surface area contributed by atoms with Gasteiger partial charge in [0.1, 0.15) is 11.6 Å². The van der Waals surface area contributed by atoms with E-state index in [1.165, 1.54) is 12.1 Å². The van der Waals surface area contributed by atoms with Crippen LogP contribution in [0.15, 0.2) is 16.6 Å². The molecule has 1 N–H and O–H groups in total. The van der Waals surface area contributed by atoms with Crippen molar-refractivity contribution in [3.8, 4) is 0 Å². The molecule has 0 radical (unpaired) electrons. The van der Waals surface area contributed by atoms with Crippen LogP contribution in [0, 0.1) is 17.0 Å². The van der Waals surface area contributed by atoms with Crippen molar-refractivity contribution in [1.82, 2.24) is 5.32 Å². The van der Waals surface area contributed by atoms with Gasteiger partial charge < -0.3 is 5.32 Å². The maximum atomic E-state index is 13.9. The van der Waals surface area contributed by atoms with Crippen LogP contribution < -0.4 is 5.32 Å². The average molecular weight is 318 g/mol. The normalized spacial score (nSPS) is 17.2. The summed E-state index contributed by atoms with van der Waals surface area (Å²) in [5.74, 6) is -0.891. The van der Waals surface area contributed by atoms with Crippen LogP contribution in [0.1, 0.15) is 32.3 Å². The molecule has 1 aliphatic rings. The molecule has 2 rings (SSSR count). The van der Waals surface area contributed by atoms with Gasteiger partial charge in [-0.3, -0.25) is 0 Å². The molecular formula is C14H18BrF2N. The molecule has 1 nitrogen and oxygen atoms in total. The Morgan fingerprint density at radius 3 is 2.56 bits per heavy atom. The SMILES string of the molecule is CC(C)NCC1(Cc2c(F)ccc(Br)c2F)CC1. The van der Waals surface area contributed by atoms with E-state index in [9.17, 15) is 8.78 Å². The molecule has 1 fully saturated rings. The van der Waals surface area contributed by atoms with Crippen molar-refractivity contribution >= 4 is 15.9 Å². The van der Waals surface area contributed by atoms with Crippen LogP contribution in [0.5, 0.6) is 0 Å². The first-order valence-electron chi connectivity index (χ1n) is 6.29. The molecule has 1 saturated carbocycles. The van der Waals surface area contributed by atoms with Crippen molar-refractivity contribution in [2.75, 3.05) is 6.54 Å². The van der Waals surface area contributed by atoms with E-state index in [1.54, 1.807) is 0 Å². The van der Waals surface area contributed by atoms with Crippen molar-refractivity contribution in [1.29, 1.82) is 0 Å². The van der Waals surface area contributed by atoms with E-state index in [4.69, 9.17) is 0 Å². The van der Waals surface area contributed by atoms with Gasteiger partial charge in [0.05, 0.1) is 4.47 Å². The molecule has 0 amide bonds. The van der Waals surface area contributed by atoms with Gasteiger partial charge in [0.15, 0.2) is 0 Å². The molecule has 0 saturated heterocycles. The monoisotopic (exact) mass is 317 g/mol. The summed E-state index contributed by atoms with van der Waals surface area (Å²) in [4.78, 5) is 0. The third-order valence-electron chi connectivity index (χ3n) is 3.53. The molecule has 100 valence electrons. The van der Waals surface area contributed by atoms with E-state index in [0.717, 1.165) is 19.4 Å². The Kier molecular flexibility index (Phi) is 4.07. The van der Waals surface area contributed by atoms with Crippen molar-refractivity contribution in [3.63, 3.8) is 0 Å². The largest absolute Gasteiger partial charge is 0.314 e. The summed E-state index contributed by atoms with van der Waals surface area (Å²) in [5.41, 5.74) is 0.264. The summed E-state index contributed by atoms with van der Waals surface area (Å²) < 4.78 is 28.0. The molecule has 4 heteroatoms. The lowest BCUT2D eigenvalue weighted by atomic mass is 9.95. The smallest absolute Gasteiger partial charge is 0.143 e. The van der Waals surface area contributed by atoms with Crippen molar-refractivity contribution < 1.29 is 8.78 Å². The van der Waals surface area contributed by atoms with E-state index >= 15 is 0 Å². The van der Waals surface area contributed by atoms with Gasteiger partial charge >= 0.3 is 0 Å². The zero-order valence-electron chi connectivity index (χ0n) is 10.7. The second-order valence-corrected chi connectivity index (χ2v) is 6.39. The topological polar surface area (TPSA) is 12.0 Å². The molecule has 18 heavy (non-hydrogen) atoms. The summed E-state index contributed by atoms with van der Waals surface area (Å²) in [5, 5.41) is 3.37. The third kappa shape index (κ3) is 3.09. The number of rotatable bonds is 5. The second kappa shape index (κ2) is 5.25. The maximum absolute atomic E-state index is 13.9. The van der Waals surface area contributed by atoms with Crippen LogP contribution in [0.3, 0.4) is 0 Å². The predicted molar refractivity (Wildman–Crippen MR) is 72.6 cm³/mol. The summed E-state index contributed by atoms with van der Waals surface area (Å²) in [6, 6.07) is 3.15. The minimum absolute atomic E-state index is 0.0484. The highest BCUT2D eigenvalue weighted by molar-refractivity contribution is 9.10. The van der Waals surface area contributed by atoms with E-state index < -0.39 is 11.6 Å². The Labute approximate surface area is 115 Å². The molecule has 0 unspecified atom stereocenters.